The van der Waals surface area contributed by atoms with Crippen LogP contribution in [0.15, 0.2) is 36.4 Å². The van der Waals surface area contributed by atoms with Crippen LogP contribution in [0.3, 0.4) is 0 Å². The van der Waals surface area contributed by atoms with Gasteiger partial charge in [-0.2, -0.15) is 0 Å². The number of ether oxygens (including phenoxy) is 2. The minimum Gasteiger partial charge on any atom is -0.490 e. The van der Waals surface area contributed by atoms with Crippen molar-refractivity contribution < 1.29 is 19.1 Å². The third kappa shape index (κ3) is 2.77. The molecule has 5 rings (SSSR count). The Bertz CT molecular complexity index is 940. The predicted octanol–water partition coefficient (Wildman–Crippen LogP) is 2.39. The van der Waals surface area contributed by atoms with Crippen molar-refractivity contribution in [3.8, 4) is 11.5 Å². The molecule has 2 aromatic carbocycles. The maximum absolute atomic E-state index is 12.6. The van der Waals surface area contributed by atoms with Crippen LogP contribution >= 0.6 is 0 Å². The second kappa shape index (κ2) is 6.39. The molecule has 0 saturated carbocycles. The van der Waals surface area contributed by atoms with Gasteiger partial charge in [-0.3, -0.25) is 19.4 Å². The molecule has 1 amide bonds. The van der Waals surface area contributed by atoms with Gasteiger partial charge in [0, 0.05) is 25.6 Å². The van der Waals surface area contributed by atoms with Gasteiger partial charge in [0.25, 0.3) is 5.78 Å². The Balaban J connectivity index is 1.44. The van der Waals surface area contributed by atoms with E-state index in [9.17, 15) is 9.59 Å². The molecule has 6 nitrogen and oxygen atoms in total. The fourth-order valence-electron chi connectivity index (χ4n) is 3.97. The molecule has 6 heteroatoms. The number of hydrogen-bond donors (Lipinski definition) is 0. The number of carbonyl (C=O) groups is 2. The maximum Gasteiger partial charge on any atom is 0.300 e. The highest BCUT2D eigenvalue weighted by Crippen LogP contribution is 2.40. The van der Waals surface area contributed by atoms with Crippen LogP contribution in [0.4, 0.5) is 5.69 Å². The molecular weight excluding hydrogens is 344 g/mol. The summed E-state index contributed by atoms with van der Waals surface area (Å²) in [5.41, 5.74) is 3.66. The van der Waals surface area contributed by atoms with Crippen LogP contribution in [0.5, 0.6) is 11.5 Å². The van der Waals surface area contributed by atoms with Gasteiger partial charge in [-0.15, -0.1) is 0 Å². The highest BCUT2D eigenvalue weighted by Gasteiger charge is 2.38. The van der Waals surface area contributed by atoms with Gasteiger partial charge in [-0.05, 0) is 23.6 Å². The zero-order valence-corrected chi connectivity index (χ0v) is 14.9. The van der Waals surface area contributed by atoms with E-state index in [0.717, 1.165) is 25.9 Å². The van der Waals surface area contributed by atoms with Gasteiger partial charge < -0.3 is 9.47 Å². The summed E-state index contributed by atoms with van der Waals surface area (Å²) in [4.78, 5) is 28.9. The highest BCUT2D eigenvalue weighted by molar-refractivity contribution is 6.52. The maximum atomic E-state index is 12.6. The molecule has 3 aliphatic heterocycles. The van der Waals surface area contributed by atoms with E-state index in [0.29, 0.717) is 42.6 Å². The van der Waals surface area contributed by atoms with Gasteiger partial charge in [0.1, 0.15) is 0 Å². The standard InChI is InChI=1S/C21H20N2O4/c24-20-16-10-18-19(27-9-3-8-26-18)11-17(16)23(21(20)25)13-22-7-6-14-4-1-2-5-15(14)12-22/h1-2,4-5,10-11H,3,6-9,12-13H2. The highest BCUT2D eigenvalue weighted by atomic mass is 16.5. The Morgan fingerprint density at radius 1 is 0.963 bits per heavy atom. The van der Waals surface area contributed by atoms with Crippen molar-refractivity contribution in [3.63, 3.8) is 0 Å². The number of nitrogens with zero attached hydrogens (tertiary/aromatic N) is 2. The molecule has 0 aromatic heterocycles. The van der Waals surface area contributed by atoms with Crippen molar-refractivity contribution >= 4 is 17.4 Å². The van der Waals surface area contributed by atoms with E-state index in [-0.39, 0.29) is 0 Å². The summed E-state index contributed by atoms with van der Waals surface area (Å²) in [6.45, 7) is 3.13. The molecule has 3 aliphatic rings. The lowest BCUT2D eigenvalue weighted by molar-refractivity contribution is -0.114. The quantitative estimate of drug-likeness (QED) is 0.766. The summed E-state index contributed by atoms with van der Waals surface area (Å²) in [6, 6.07) is 11.8. The number of benzene rings is 2. The summed E-state index contributed by atoms with van der Waals surface area (Å²) >= 11 is 0. The van der Waals surface area contributed by atoms with Crippen LogP contribution in [-0.2, 0) is 17.8 Å². The second-order valence-corrected chi connectivity index (χ2v) is 7.14. The molecule has 3 heterocycles. The molecule has 0 spiro atoms. The molecule has 0 unspecified atom stereocenters. The van der Waals surface area contributed by atoms with E-state index in [1.54, 1.807) is 17.0 Å². The molecule has 27 heavy (non-hydrogen) atoms. The molecule has 2 aromatic rings. The van der Waals surface area contributed by atoms with Crippen LogP contribution in [0.1, 0.15) is 27.9 Å². The SMILES string of the molecule is O=C1C(=O)N(CN2CCc3ccccc3C2)c2cc3c(cc21)OCCCO3. The molecule has 0 N–H and O–H groups in total. The van der Waals surface area contributed by atoms with E-state index in [2.05, 4.69) is 23.1 Å². The molecule has 138 valence electrons. The first kappa shape index (κ1) is 16.3. The van der Waals surface area contributed by atoms with Gasteiger partial charge in [-0.25, -0.2) is 0 Å². The van der Waals surface area contributed by atoms with Crippen molar-refractivity contribution in [2.45, 2.75) is 19.4 Å². The van der Waals surface area contributed by atoms with Crippen LogP contribution in [-0.4, -0.2) is 43.0 Å². The molecule has 0 bridgehead atoms. The lowest BCUT2D eigenvalue weighted by Crippen LogP contribution is -2.43. The number of fused-ring (bicyclic) bond motifs is 3. The van der Waals surface area contributed by atoms with Crippen molar-refractivity contribution in [2.24, 2.45) is 0 Å². The van der Waals surface area contributed by atoms with Crippen LogP contribution in [0.25, 0.3) is 0 Å². The zero-order chi connectivity index (χ0) is 18.4. The Morgan fingerprint density at radius 2 is 1.70 bits per heavy atom. The third-order valence-corrected chi connectivity index (χ3v) is 5.39. The molecule has 0 saturated heterocycles. The van der Waals surface area contributed by atoms with Gasteiger partial charge in [0.15, 0.2) is 11.5 Å². The molecular formula is C21H20N2O4. The van der Waals surface area contributed by atoms with E-state index >= 15 is 0 Å². The smallest absolute Gasteiger partial charge is 0.300 e. The molecule has 0 aliphatic carbocycles. The number of hydrogen-bond acceptors (Lipinski definition) is 5. The number of amides is 1. The van der Waals surface area contributed by atoms with Crippen LogP contribution in [0.2, 0.25) is 0 Å². The van der Waals surface area contributed by atoms with E-state index < -0.39 is 11.7 Å². The Kier molecular flexibility index (Phi) is 3.86. The van der Waals surface area contributed by atoms with Gasteiger partial charge in [-0.1, -0.05) is 24.3 Å². The minimum absolute atomic E-state index is 0.394. The summed E-state index contributed by atoms with van der Waals surface area (Å²) in [6.07, 6.45) is 1.74. The molecule has 0 fully saturated rings. The average molecular weight is 364 g/mol. The largest absolute Gasteiger partial charge is 0.490 e. The van der Waals surface area contributed by atoms with Crippen LogP contribution < -0.4 is 14.4 Å². The summed E-state index contributed by atoms with van der Waals surface area (Å²) < 4.78 is 11.4. The van der Waals surface area contributed by atoms with Crippen molar-refractivity contribution in [2.75, 3.05) is 31.3 Å². The number of rotatable bonds is 2. The fourth-order valence-corrected chi connectivity index (χ4v) is 3.97. The fraction of sp³-hybridized carbons (Fsp3) is 0.333. The second-order valence-electron chi connectivity index (χ2n) is 7.14. The Morgan fingerprint density at radius 3 is 2.52 bits per heavy atom. The number of carbonyl (C=O) groups excluding carboxylic acids is 2. The topological polar surface area (TPSA) is 59.1 Å². The van der Waals surface area contributed by atoms with Crippen molar-refractivity contribution in [1.29, 1.82) is 0 Å². The lowest BCUT2D eigenvalue weighted by Gasteiger charge is -2.32. The van der Waals surface area contributed by atoms with E-state index in [1.165, 1.54) is 11.1 Å². The summed E-state index contributed by atoms with van der Waals surface area (Å²) in [5, 5.41) is 0. The third-order valence-electron chi connectivity index (χ3n) is 5.39. The monoisotopic (exact) mass is 364 g/mol. The first-order valence-electron chi connectivity index (χ1n) is 9.30. The molecule has 0 atom stereocenters. The van der Waals surface area contributed by atoms with Crippen molar-refractivity contribution in [1.82, 2.24) is 4.90 Å². The summed E-state index contributed by atoms with van der Waals surface area (Å²) in [5.74, 6) is 0.186. The Labute approximate surface area is 157 Å². The normalized spacial score (nSPS) is 18.9. The van der Waals surface area contributed by atoms with Gasteiger partial charge >= 0.3 is 5.91 Å². The molecule has 0 radical (unpaired) electrons. The number of Topliss-reactive ketones (excluding diaryl/α,β-unsaturated/α-hetero) is 1. The zero-order valence-electron chi connectivity index (χ0n) is 14.9. The lowest BCUT2D eigenvalue weighted by atomic mass is 10.0. The number of ketones is 1. The predicted molar refractivity (Wildman–Crippen MR) is 99.3 cm³/mol. The Hall–Kier alpha value is -2.86. The minimum atomic E-state index is -0.482. The average Bonchev–Trinajstić information content (AvgIpc) is 2.86. The van der Waals surface area contributed by atoms with Crippen LogP contribution in [0, 0.1) is 0 Å². The van der Waals surface area contributed by atoms with Gasteiger partial charge in [0.05, 0.1) is 31.1 Å². The van der Waals surface area contributed by atoms with E-state index in [4.69, 9.17) is 9.47 Å². The summed E-state index contributed by atoms with van der Waals surface area (Å²) in [7, 11) is 0. The van der Waals surface area contributed by atoms with E-state index in [1.807, 2.05) is 6.07 Å². The first-order chi connectivity index (χ1) is 13.2. The number of anilines is 1. The van der Waals surface area contributed by atoms with Crippen molar-refractivity contribution in [3.05, 3.63) is 53.1 Å². The first-order valence-corrected chi connectivity index (χ1v) is 9.30. The van der Waals surface area contributed by atoms with Gasteiger partial charge in [0.2, 0.25) is 0 Å².